The van der Waals surface area contributed by atoms with E-state index in [0.29, 0.717) is 28.9 Å². The van der Waals surface area contributed by atoms with Crippen LogP contribution in [-0.2, 0) is 31.7 Å². The number of alkyl halides is 6. The summed E-state index contributed by atoms with van der Waals surface area (Å²) in [5.74, 6) is 0.894. The third-order valence-corrected chi connectivity index (χ3v) is 5.42. The van der Waals surface area contributed by atoms with E-state index in [-0.39, 0.29) is 11.8 Å². The van der Waals surface area contributed by atoms with Gasteiger partial charge < -0.3 is 4.57 Å². The summed E-state index contributed by atoms with van der Waals surface area (Å²) < 4.78 is 84.9. The van der Waals surface area contributed by atoms with Gasteiger partial charge in [-0.15, -0.1) is 10.2 Å². The molecular formula is C22H22F6N8. The standard InChI is InChI=1S/C22H22F6N8/c1-3-5-17-29-18(6-4-2)35(32-17)12-13-7-9-14(10-8-13)36-16(22(26,27)28)11-15(21(23,24)25)19(36)20-30-33-34-31-20/h7-11H,3-6,12H2,1-2H3,(H,30,31,33,34). The fourth-order valence-corrected chi connectivity index (χ4v) is 3.90. The molecule has 3 aromatic heterocycles. The van der Waals surface area contributed by atoms with Crippen LogP contribution in [0.15, 0.2) is 30.3 Å². The molecule has 0 atom stereocenters. The first-order valence-corrected chi connectivity index (χ1v) is 11.2. The zero-order chi connectivity index (χ0) is 26.1. The van der Waals surface area contributed by atoms with Crippen molar-refractivity contribution in [2.75, 3.05) is 0 Å². The normalized spacial score (nSPS) is 12.4. The van der Waals surface area contributed by atoms with Gasteiger partial charge in [0, 0.05) is 18.5 Å². The first-order valence-electron chi connectivity index (χ1n) is 11.2. The minimum atomic E-state index is -5.08. The molecule has 36 heavy (non-hydrogen) atoms. The molecule has 0 aliphatic rings. The molecule has 0 aliphatic heterocycles. The second kappa shape index (κ2) is 9.74. The van der Waals surface area contributed by atoms with Gasteiger partial charge in [0.15, 0.2) is 5.82 Å². The molecule has 8 nitrogen and oxygen atoms in total. The summed E-state index contributed by atoms with van der Waals surface area (Å²) in [7, 11) is 0. The first kappa shape index (κ1) is 25.4. The molecule has 0 radical (unpaired) electrons. The Labute approximate surface area is 201 Å². The first-order chi connectivity index (χ1) is 17.0. The van der Waals surface area contributed by atoms with Crippen molar-refractivity contribution in [3.05, 3.63) is 58.8 Å². The van der Waals surface area contributed by atoms with Gasteiger partial charge in [0.25, 0.3) is 0 Å². The van der Waals surface area contributed by atoms with Gasteiger partial charge >= 0.3 is 12.4 Å². The molecule has 0 saturated heterocycles. The van der Waals surface area contributed by atoms with Crippen molar-refractivity contribution in [2.45, 2.75) is 58.4 Å². The van der Waals surface area contributed by atoms with E-state index in [4.69, 9.17) is 0 Å². The van der Waals surface area contributed by atoms with Gasteiger partial charge in [-0.05, 0) is 41.8 Å². The summed E-state index contributed by atoms with van der Waals surface area (Å²) in [5, 5.41) is 16.7. The Hall–Kier alpha value is -3.71. The van der Waals surface area contributed by atoms with Gasteiger partial charge in [-0.3, -0.25) is 0 Å². The van der Waals surface area contributed by atoms with Gasteiger partial charge in [-0.25, -0.2) is 9.67 Å². The Morgan fingerprint density at radius 1 is 0.917 bits per heavy atom. The van der Waals surface area contributed by atoms with Gasteiger partial charge in [0.2, 0.25) is 5.82 Å². The summed E-state index contributed by atoms with van der Waals surface area (Å²) in [6, 6.07) is 5.77. The largest absolute Gasteiger partial charge is 0.431 e. The number of tetrazole rings is 1. The second-order valence-corrected chi connectivity index (χ2v) is 8.13. The van der Waals surface area contributed by atoms with Crippen LogP contribution < -0.4 is 0 Å². The highest BCUT2D eigenvalue weighted by atomic mass is 19.4. The average Bonchev–Trinajstić information content (AvgIpc) is 3.53. The Kier molecular flexibility index (Phi) is 6.87. The van der Waals surface area contributed by atoms with E-state index in [2.05, 4.69) is 25.5 Å². The van der Waals surface area contributed by atoms with Crippen LogP contribution in [0.2, 0.25) is 0 Å². The topological polar surface area (TPSA) is 90.1 Å². The van der Waals surface area contributed by atoms with Crippen LogP contribution in [-0.4, -0.2) is 40.0 Å². The Balaban J connectivity index is 1.77. The van der Waals surface area contributed by atoms with Crippen LogP contribution in [0.4, 0.5) is 26.3 Å². The number of aromatic nitrogens is 8. The van der Waals surface area contributed by atoms with Crippen LogP contribution in [0.5, 0.6) is 0 Å². The number of aromatic amines is 1. The van der Waals surface area contributed by atoms with Crippen molar-refractivity contribution < 1.29 is 26.3 Å². The van der Waals surface area contributed by atoms with Crippen molar-refractivity contribution in [3.8, 4) is 17.2 Å². The SMILES string of the molecule is CCCc1nc(CCC)n(Cc2ccc(-n3c(C(F)(F)F)cc(C(F)(F)F)c3-c3nn[nH]n3)cc2)n1. The number of nitrogens with zero attached hydrogens (tertiary/aromatic N) is 7. The number of hydrogen-bond donors (Lipinski definition) is 1. The van der Waals surface area contributed by atoms with E-state index in [1.807, 2.05) is 19.1 Å². The molecule has 0 bridgehead atoms. The number of rotatable bonds is 8. The van der Waals surface area contributed by atoms with Crippen molar-refractivity contribution in [1.82, 2.24) is 40.0 Å². The van der Waals surface area contributed by atoms with Crippen molar-refractivity contribution in [3.63, 3.8) is 0 Å². The molecule has 3 heterocycles. The van der Waals surface area contributed by atoms with E-state index in [9.17, 15) is 26.3 Å². The van der Waals surface area contributed by atoms with Crippen molar-refractivity contribution in [2.24, 2.45) is 0 Å². The molecule has 1 N–H and O–H groups in total. The van der Waals surface area contributed by atoms with E-state index in [0.717, 1.165) is 25.1 Å². The minimum Gasteiger partial charge on any atom is -0.302 e. The summed E-state index contributed by atoms with van der Waals surface area (Å²) in [6.45, 7) is 4.34. The smallest absolute Gasteiger partial charge is 0.302 e. The number of H-pyrrole nitrogens is 1. The average molecular weight is 512 g/mol. The zero-order valence-corrected chi connectivity index (χ0v) is 19.3. The van der Waals surface area contributed by atoms with Crippen LogP contribution in [0, 0.1) is 0 Å². The van der Waals surface area contributed by atoms with Gasteiger partial charge in [-0.1, -0.05) is 26.0 Å². The molecule has 4 rings (SSSR count). The van der Waals surface area contributed by atoms with E-state index >= 15 is 0 Å². The lowest BCUT2D eigenvalue weighted by Gasteiger charge is -2.15. The molecule has 4 aromatic rings. The number of halogens is 6. The molecule has 0 aliphatic carbocycles. The van der Waals surface area contributed by atoms with Gasteiger partial charge in [0.1, 0.15) is 17.2 Å². The summed E-state index contributed by atoms with van der Waals surface area (Å²) in [6.07, 6.45) is -6.99. The monoisotopic (exact) mass is 512 g/mol. The minimum absolute atomic E-state index is 0.0568. The fourth-order valence-electron chi connectivity index (χ4n) is 3.90. The summed E-state index contributed by atoms with van der Waals surface area (Å²) in [4.78, 5) is 4.55. The molecule has 0 unspecified atom stereocenters. The molecule has 1 aromatic carbocycles. The van der Waals surface area contributed by atoms with E-state index < -0.39 is 35.1 Å². The maximum absolute atomic E-state index is 13.8. The lowest BCUT2D eigenvalue weighted by atomic mass is 10.2. The Morgan fingerprint density at radius 3 is 2.17 bits per heavy atom. The molecule has 192 valence electrons. The van der Waals surface area contributed by atoms with Crippen LogP contribution in [0.1, 0.15) is 55.2 Å². The maximum Gasteiger partial charge on any atom is 0.431 e. The Bertz CT molecular complexity index is 1300. The molecule has 0 saturated carbocycles. The Morgan fingerprint density at radius 2 is 1.61 bits per heavy atom. The van der Waals surface area contributed by atoms with Crippen LogP contribution in [0.25, 0.3) is 17.2 Å². The van der Waals surface area contributed by atoms with E-state index in [1.54, 1.807) is 16.8 Å². The van der Waals surface area contributed by atoms with Gasteiger partial charge in [0.05, 0.1) is 12.1 Å². The summed E-state index contributed by atoms with van der Waals surface area (Å²) >= 11 is 0. The third kappa shape index (κ3) is 5.11. The predicted molar refractivity (Wildman–Crippen MR) is 116 cm³/mol. The highest BCUT2D eigenvalue weighted by Gasteiger charge is 2.45. The highest BCUT2D eigenvalue weighted by molar-refractivity contribution is 5.63. The molecule has 14 heteroatoms. The lowest BCUT2D eigenvalue weighted by Crippen LogP contribution is -2.14. The van der Waals surface area contributed by atoms with Crippen LogP contribution in [0.3, 0.4) is 0 Å². The number of benzene rings is 1. The molecule has 0 amide bonds. The summed E-state index contributed by atoms with van der Waals surface area (Å²) in [5.41, 5.74) is -3.33. The van der Waals surface area contributed by atoms with Crippen LogP contribution >= 0.6 is 0 Å². The van der Waals surface area contributed by atoms with Crippen molar-refractivity contribution in [1.29, 1.82) is 0 Å². The molecule has 0 spiro atoms. The second-order valence-electron chi connectivity index (χ2n) is 8.13. The number of nitrogens with one attached hydrogen (secondary N) is 1. The predicted octanol–water partition coefficient (Wildman–Crippen LogP) is 5.24. The van der Waals surface area contributed by atoms with Crippen molar-refractivity contribution >= 4 is 0 Å². The highest BCUT2D eigenvalue weighted by Crippen LogP contribution is 2.44. The molecular weight excluding hydrogens is 490 g/mol. The van der Waals surface area contributed by atoms with E-state index in [1.165, 1.54) is 12.1 Å². The number of aryl methyl sites for hydroxylation is 2. The zero-order valence-electron chi connectivity index (χ0n) is 19.3. The maximum atomic E-state index is 13.8. The lowest BCUT2D eigenvalue weighted by molar-refractivity contribution is -0.143. The third-order valence-electron chi connectivity index (χ3n) is 5.42. The fraction of sp³-hybridized carbons (Fsp3) is 0.409. The quantitative estimate of drug-likeness (QED) is 0.326. The van der Waals surface area contributed by atoms with Gasteiger partial charge in [-0.2, -0.15) is 36.7 Å². The molecule has 0 fully saturated rings. The number of hydrogen-bond acceptors (Lipinski definition) is 5.